The van der Waals surface area contributed by atoms with Gasteiger partial charge >= 0.3 is 0 Å². The zero-order valence-electron chi connectivity index (χ0n) is 24.7. The zero-order valence-corrected chi connectivity index (χ0v) is 31.0. The maximum atomic E-state index is 2.69. The molecule has 0 aliphatic carbocycles. The zero-order chi connectivity index (χ0) is 28.7. The van der Waals surface area contributed by atoms with Gasteiger partial charge in [-0.25, -0.2) is 0 Å². The molecule has 0 saturated carbocycles. The number of halogens is 2. The predicted molar refractivity (Wildman–Crippen MR) is 200 cm³/mol. The minimum Gasteiger partial charge on any atom is -0.0651 e. The second-order valence-corrected chi connectivity index (χ2v) is 24.8. The normalized spacial score (nSPS) is 18.4. The summed E-state index contributed by atoms with van der Waals surface area (Å²) in [6.45, 7) is 14.9. The Hall–Kier alpha value is -1.49. The minimum atomic E-state index is -1.80. The standard InChI is InChI=1S/C36H40I2Si2/c1-7-15-29-31(25-17-11-9-12-18-25)35(37)39(3,4)33(29)27-21-23-28(24-22-27)34-30(16-8-2)32(36(38)40(34,5)6)26-19-13-10-14-20-26/h9-14,17-24H,7-8,15-16H2,1-6H3. The fraction of sp³-hybridized carbons (Fsp3) is 0.278. The molecular weight excluding hydrogens is 742 g/mol. The molecule has 2 heterocycles. The Morgan fingerprint density at radius 2 is 0.800 bits per heavy atom. The maximum Gasteiger partial charge on any atom is 0.121 e. The predicted octanol–water partition coefficient (Wildman–Crippen LogP) is 12.1. The van der Waals surface area contributed by atoms with Crippen molar-refractivity contribution in [3.05, 3.63) is 125 Å². The second-order valence-electron chi connectivity index (χ2n) is 12.1. The smallest absolute Gasteiger partial charge is 0.0651 e. The monoisotopic (exact) mass is 782 g/mol. The number of benzene rings is 3. The van der Waals surface area contributed by atoms with E-state index in [1.807, 2.05) is 0 Å². The molecule has 0 atom stereocenters. The first-order chi connectivity index (χ1) is 19.1. The van der Waals surface area contributed by atoms with Crippen molar-refractivity contribution in [1.29, 1.82) is 0 Å². The van der Waals surface area contributed by atoms with Crippen LogP contribution in [0.2, 0.25) is 26.2 Å². The quantitative estimate of drug-likeness (QED) is 0.158. The fourth-order valence-electron chi connectivity index (χ4n) is 6.80. The maximum absolute atomic E-state index is 2.69. The van der Waals surface area contributed by atoms with Gasteiger partial charge in [0.15, 0.2) is 0 Å². The van der Waals surface area contributed by atoms with Gasteiger partial charge in [-0.2, -0.15) is 0 Å². The van der Waals surface area contributed by atoms with Crippen molar-refractivity contribution >= 4 is 82.9 Å². The average molecular weight is 783 g/mol. The first-order valence-electron chi connectivity index (χ1n) is 14.6. The van der Waals surface area contributed by atoms with Crippen LogP contribution in [-0.4, -0.2) is 16.1 Å². The van der Waals surface area contributed by atoms with Gasteiger partial charge in [-0.3, -0.25) is 0 Å². The molecule has 206 valence electrons. The molecule has 4 heteroatoms. The lowest BCUT2D eigenvalue weighted by molar-refractivity contribution is 0.935. The van der Waals surface area contributed by atoms with Crippen LogP contribution < -0.4 is 0 Å². The SMILES string of the molecule is CCCC1=C(c2ccc(C3=C(CCC)C(c4ccccc4)=C(I)[Si]3(C)C)cc2)[Si](C)(C)C(I)=C1c1ccccc1. The molecule has 5 rings (SSSR count). The molecule has 3 aromatic carbocycles. The van der Waals surface area contributed by atoms with Crippen molar-refractivity contribution in [2.45, 2.75) is 65.7 Å². The molecule has 0 unspecified atom stereocenters. The summed E-state index contributed by atoms with van der Waals surface area (Å²) in [4.78, 5) is 0. The third-order valence-corrected chi connectivity index (χ3v) is 24.1. The van der Waals surface area contributed by atoms with E-state index in [4.69, 9.17) is 0 Å². The van der Waals surface area contributed by atoms with Gasteiger partial charge in [-0.05, 0) is 74.2 Å². The molecule has 0 fully saturated rings. The van der Waals surface area contributed by atoms with Crippen molar-refractivity contribution in [3.63, 3.8) is 0 Å². The third-order valence-electron chi connectivity index (χ3n) is 8.58. The lowest BCUT2D eigenvalue weighted by Gasteiger charge is -2.25. The van der Waals surface area contributed by atoms with E-state index < -0.39 is 16.1 Å². The van der Waals surface area contributed by atoms with E-state index in [1.165, 1.54) is 46.2 Å². The average Bonchev–Trinajstić information content (AvgIpc) is 3.27. The van der Waals surface area contributed by atoms with E-state index in [-0.39, 0.29) is 0 Å². The molecule has 2 aliphatic rings. The van der Waals surface area contributed by atoms with Gasteiger partial charge in [-0.1, -0.05) is 183 Å². The summed E-state index contributed by atoms with van der Waals surface area (Å²) >= 11 is 5.38. The third kappa shape index (κ3) is 5.16. The molecule has 0 nitrogen and oxygen atoms in total. The molecule has 3 aromatic rings. The molecule has 0 radical (unpaired) electrons. The topological polar surface area (TPSA) is 0 Å². The Balaban J connectivity index is 1.63. The highest BCUT2D eigenvalue weighted by molar-refractivity contribution is 14.1. The summed E-state index contributed by atoms with van der Waals surface area (Å²) in [7, 11) is -3.59. The van der Waals surface area contributed by atoms with Crippen molar-refractivity contribution < 1.29 is 0 Å². The van der Waals surface area contributed by atoms with Crippen LogP contribution in [0.5, 0.6) is 0 Å². The van der Waals surface area contributed by atoms with Crippen molar-refractivity contribution in [1.82, 2.24) is 0 Å². The first kappa shape index (κ1) is 30.0. The van der Waals surface area contributed by atoms with Crippen LogP contribution in [0.1, 0.15) is 61.8 Å². The second kappa shape index (κ2) is 12.0. The molecule has 40 heavy (non-hydrogen) atoms. The molecule has 0 aromatic heterocycles. The van der Waals surface area contributed by atoms with Crippen molar-refractivity contribution in [2.75, 3.05) is 0 Å². The molecule has 2 aliphatic heterocycles. The Kier molecular flexibility index (Phi) is 9.01. The van der Waals surface area contributed by atoms with Crippen LogP contribution in [0, 0.1) is 0 Å². The van der Waals surface area contributed by atoms with Crippen LogP contribution in [-0.2, 0) is 0 Å². The Bertz CT molecular complexity index is 1420. The Labute approximate surface area is 271 Å². The van der Waals surface area contributed by atoms with Crippen LogP contribution in [0.3, 0.4) is 0 Å². The summed E-state index contributed by atoms with van der Waals surface area (Å²) in [6, 6.07) is 32.0. The Morgan fingerprint density at radius 3 is 1.10 bits per heavy atom. The van der Waals surface area contributed by atoms with Crippen LogP contribution in [0.15, 0.2) is 102 Å². The summed E-state index contributed by atoms with van der Waals surface area (Å²) < 4.78 is 3.20. The Morgan fingerprint density at radius 1 is 0.475 bits per heavy atom. The van der Waals surface area contributed by atoms with Crippen molar-refractivity contribution in [3.8, 4) is 0 Å². The van der Waals surface area contributed by atoms with E-state index in [2.05, 4.69) is 170 Å². The fourth-order valence-corrected chi connectivity index (χ4v) is 15.8. The van der Waals surface area contributed by atoms with Gasteiger partial charge in [-0.15, -0.1) is 0 Å². The van der Waals surface area contributed by atoms with Crippen molar-refractivity contribution in [2.24, 2.45) is 0 Å². The van der Waals surface area contributed by atoms with Gasteiger partial charge < -0.3 is 0 Å². The molecule has 0 saturated heterocycles. The van der Waals surface area contributed by atoms with Gasteiger partial charge in [0.05, 0.1) is 0 Å². The minimum absolute atomic E-state index is 1.14. The van der Waals surface area contributed by atoms with Gasteiger partial charge in [0.2, 0.25) is 0 Å². The molecule has 0 N–H and O–H groups in total. The van der Waals surface area contributed by atoms with E-state index in [0.717, 1.165) is 12.8 Å². The van der Waals surface area contributed by atoms with E-state index in [9.17, 15) is 0 Å². The number of hydrogen-bond acceptors (Lipinski definition) is 0. The highest BCUT2D eigenvalue weighted by Crippen LogP contribution is 2.54. The lowest BCUT2D eigenvalue weighted by atomic mass is 9.93. The largest absolute Gasteiger partial charge is 0.121 e. The van der Waals surface area contributed by atoms with Gasteiger partial charge in [0.25, 0.3) is 0 Å². The van der Waals surface area contributed by atoms with Gasteiger partial charge in [0.1, 0.15) is 16.1 Å². The first-order valence-corrected chi connectivity index (χ1v) is 22.8. The van der Waals surface area contributed by atoms with E-state index in [1.54, 1.807) is 27.9 Å². The summed E-state index contributed by atoms with van der Waals surface area (Å²) in [5.74, 6) is 0. The highest BCUT2D eigenvalue weighted by Gasteiger charge is 2.43. The molecule has 0 amide bonds. The summed E-state index contributed by atoms with van der Waals surface area (Å²) in [6.07, 6.45) is 4.61. The number of allylic oxidation sites excluding steroid dienone is 4. The lowest BCUT2D eigenvalue weighted by Crippen LogP contribution is -2.27. The van der Waals surface area contributed by atoms with E-state index in [0.29, 0.717) is 0 Å². The van der Waals surface area contributed by atoms with E-state index >= 15 is 0 Å². The van der Waals surface area contributed by atoms with Gasteiger partial charge in [0, 0.05) is 0 Å². The van der Waals surface area contributed by atoms with Crippen LogP contribution in [0.25, 0.3) is 21.5 Å². The number of rotatable bonds is 8. The molecular formula is C36H40I2Si2. The number of hydrogen-bond donors (Lipinski definition) is 0. The van der Waals surface area contributed by atoms with Crippen LogP contribution >= 0.6 is 45.2 Å². The molecule has 0 bridgehead atoms. The highest BCUT2D eigenvalue weighted by atomic mass is 127. The summed E-state index contributed by atoms with van der Waals surface area (Å²) in [5.41, 5.74) is 11.8. The summed E-state index contributed by atoms with van der Waals surface area (Å²) in [5, 5.41) is 3.29. The molecule has 0 spiro atoms. The van der Waals surface area contributed by atoms with Crippen LogP contribution in [0.4, 0.5) is 0 Å².